The summed E-state index contributed by atoms with van der Waals surface area (Å²) in [5.74, 6) is -1.04. The van der Waals surface area contributed by atoms with Crippen LogP contribution in [0.4, 0.5) is 9.18 Å². The largest absolute Gasteiger partial charge is 0.348 e. The van der Waals surface area contributed by atoms with Crippen molar-refractivity contribution < 1.29 is 18.8 Å². The van der Waals surface area contributed by atoms with Crippen molar-refractivity contribution in [2.75, 3.05) is 0 Å². The molecule has 1 fully saturated rings. The molecule has 1 heterocycles. The van der Waals surface area contributed by atoms with Crippen molar-refractivity contribution in [3.05, 3.63) is 112 Å². The summed E-state index contributed by atoms with van der Waals surface area (Å²) in [7, 11) is 0. The standard InChI is InChI=1S/C25H19FN2O3S/c26-21-8-4-7-19(13-21)16-28-24(30)22(32-25(28)31)14-17-9-11-20(12-10-17)23(29)27-15-18-5-2-1-3-6-18/h1-14H,15-16H2,(H,27,29)/b22-14-. The number of hydrogen-bond acceptors (Lipinski definition) is 4. The van der Waals surface area contributed by atoms with Crippen LogP contribution in [-0.4, -0.2) is 22.0 Å². The summed E-state index contributed by atoms with van der Waals surface area (Å²) in [6.45, 7) is 0.445. The topological polar surface area (TPSA) is 66.5 Å². The first-order chi connectivity index (χ1) is 15.5. The number of nitrogens with zero attached hydrogens (tertiary/aromatic N) is 1. The molecule has 3 aromatic rings. The van der Waals surface area contributed by atoms with E-state index in [0.29, 0.717) is 23.2 Å². The Hall–Kier alpha value is -3.71. The molecule has 160 valence electrons. The molecule has 1 saturated heterocycles. The second kappa shape index (κ2) is 9.62. The van der Waals surface area contributed by atoms with Gasteiger partial charge in [0.15, 0.2) is 0 Å². The van der Waals surface area contributed by atoms with Crippen LogP contribution in [0.1, 0.15) is 27.0 Å². The summed E-state index contributed by atoms with van der Waals surface area (Å²) in [5.41, 5.74) is 2.74. The summed E-state index contributed by atoms with van der Waals surface area (Å²) >= 11 is 0.842. The molecular formula is C25H19FN2O3S. The van der Waals surface area contributed by atoms with Gasteiger partial charge >= 0.3 is 0 Å². The lowest BCUT2D eigenvalue weighted by Gasteiger charge is -2.12. The lowest BCUT2D eigenvalue weighted by atomic mass is 10.1. The number of imide groups is 1. The molecule has 0 radical (unpaired) electrons. The maximum absolute atomic E-state index is 13.4. The lowest BCUT2D eigenvalue weighted by molar-refractivity contribution is -0.123. The summed E-state index contributed by atoms with van der Waals surface area (Å²) in [5, 5.41) is 2.46. The smallest absolute Gasteiger partial charge is 0.293 e. The van der Waals surface area contributed by atoms with Crippen LogP contribution in [0.15, 0.2) is 83.8 Å². The van der Waals surface area contributed by atoms with Crippen LogP contribution < -0.4 is 5.32 Å². The van der Waals surface area contributed by atoms with E-state index in [2.05, 4.69) is 5.32 Å². The van der Waals surface area contributed by atoms with E-state index < -0.39 is 17.0 Å². The number of carbonyl (C=O) groups is 3. The highest BCUT2D eigenvalue weighted by molar-refractivity contribution is 8.18. The molecule has 0 spiro atoms. The number of carbonyl (C=O) groups excluding carboxylic acids is 3. The highest BCUT2D eigenvalue weighted by Gasteiger charge is 2.35. The van der Waals surface area contributed by atoms with Gasteiger partial charge in [0, 0.05) is 12.1 Å². The third-order valence-corrected chi connectivity index (χ3v) is 5.78. The van der Waals surface area contributed by atoms with Crippen LogP contribution in [0, 0.1) is 5.82 Å². The van der Waals surface area contributed by atoms with Crippen LogP contribution in [0.5, 0.6) is 0 Å². The van der Waals surface area contributed by atoms with Crippen LogP contribution in [0.3, 0.4) is 0 Å². The van der Waals surface area contributed by atoms with E-state index in [9.17, 15) is 18.8 Å². The van der Waals surface area contributed by atoms with E-state index in [-0.39, 0.29) is 17.4 Å². The fourth-order valence-electron chi connectivity index (χ4n) is 3.22. The van der Waals surface area contributed by atoms with Gasteiger partial charge in [-0.15, -0.1) is 0 Å². The van der Waals surface area contributed by atoms with Gasteiger partial charge in [-0.25, -0.2) is 4.39 Å². The third-order valence-electron chi connectivity index (χ3n) is 4.87. The Morgan fingerprint density at radius 3 is 2.38 bits per heavy atom. The van der Waals surface area contributed by atoms with Gasteiger partial charge in [-0.05, 0) is 58.8 Å². The van der Waals surface area contributed by atoms with Gasteiger partial charge in [0.2, 0.25) is 0 Å². The zero-order valence-electron chi connectivity index (χ0n) is 17.0. The second-order valence-electron chi connectivity index (χ2n) is 7.19. The molecule has 0 aromatic heterocycles. The second-order valence-corrected chi connectivity index (χ2v) is 8.18. The number of hydrogen-bond donors (Lipinski definition) is 1. The Morgan fingerprint density at radius 1 is 0.938 bits per heavy atom. The van der Waals surface area contributed by atoms with Crippen LogP contribution in [0.2, 0.25) is 0 Å². The van der Waals surface area contributed by atoms with Crippen molar-refractivity contribution in [3.63, 3.8) is 0 Å². The maximum atomic E-state index is 13.4. The van der Waals surface area contributed by atoms with E-state index in [1.807, 2.05) is 30.3 Å². The lowest BCUT2D eigenvalue weighted by Crippen LogP contribution is -2.27. The molecule has 1 N–H and O–H groups in total. The fraction of sp³-hybridized carbons (Fsp3) is 0.0800. The highest BCUT2D eigenvalue weighted by atomic mass is 32.2. The van der Waals surface area contributed by atoms with Crippen LogP contribution >= 0.6 is 11.8 Å². The molecule has 0 unspecified atom stereocenters. The normalized spacial score (nSPS) is 14.8. The molecule has 0 saturated carbocycles. The molecule has 3 amide bonds. The molecule has 0 bridgehead atoms. The number of amides is 3. The Kier molecular flexibility index (Phi) is 6.47. The molecule has 4 rings (SSSR count). The van der Waals surface area contributed by atoms with Gasteiger partial charge in [-0.3, -0.25) is 19.3 Å². The molecule has 0 aliphatic carbocycles. The Bertz CT molecular complexity index is 1190. The highest BCUT2D eigenvalue weighted by Crippen LogP contribution is 2.33. The molecule has 5 nitrogen and oxygen atoms in total. The predicted molar refractivity (Wildman–Crippen MR) is 122 cm³/mol. The molecule has 32 heavy (non-hydrogen) atoms. The average molecular weight is 447 g/mol. The number of thioether (sulfide) groups is 1. The van der Waals surface area contributed by atoms with Crippen molar-refractivity contribution in [2.24, 2.45) is 0 Å². The van der Waals surface area contributed by atoms with E-state index in [1.165, 1.54) is 18.2 Å². The van der Waals surface area contributed by atoms with E-state index in [0.717, 1.165) is 22.2 Å². The molecule has 7 heteroatoms. The quantitative estimate of drug-likeness (QED) is 0.542. The Morgan fingerprint density at radius 2 is 1.66 bits per heavy atom. The first kappa shape index (κ1) is 21.5. The van der Waals surface area contributed by atoms with Crippen molar-refractivity contribution in [3.8, 4) is 0 Å². The molecule has 1 aliphatic rings. The zero-order valence-corrected chi connectivity index (χ0v) is 17.8. The number of rotatable bonds is 6. The predicted octanol–water partition coefficient (Wildman–Crippen LogP) is 4.99. The van der Waals surface area contributed by atoms with Crippen molar-refractivity contribution >= 4 is 34.9 Å². The van der Waals surface area contributed by atoms with Crippen molar-refractivity contribution in [1.82, 2.24) is 10.2 Å². The van der Waals surface area contributed by atoms with Gasteiger partial charge in [-0.2, -0.15) is 0 Å². The summed E-state index contributed by atoms with van der Waals surface area (Å²) < 4.78 is 13.4. The maximum Gasteiger partial charge on any atom is 0.293 e. The van der Waals surface area contributed by atoms with Gasteiger partial charge in [0.05, 0.1) is 11.4 Å². The zero-order chi connectivity index (χ0) is 22.5. The van der Waals surface area contributed by atoms with Gasteiger partial charge in [-0.1, -0.05) is 54.6 Å². The summed E-state index contributed by atoms with van der Waals surface area (Å²) in [6.07, 6.45) is 1.61. The van der Waals surface area contributed by atoms with E-state index in [4.69, 9.17) is 0 Å². The van der Waals surface area contributed by atoms with Crippen LogP contribution in [0.25, 0.3) is 6.08 Å². The Labute approximate surface area is 188 Å². The first-order valence-electron chi connectivity index (χ1n) is 9.91. The van der Waals surface area contributed by atoms with Crippen LogP contribution in [-0.2, 0) is 17.9 Å². The third kappa shape index (κ3) is 5.12. The molecular weight excluding hydrogens is 427 g/mol. The minimum atomic E-state index is -0.422. The minimum Gasteiger partial charge on any atom is -0.348 e. The number of benzene rings is 3. The van der Waals surface area contributed by atoms with E-state index in [1.54, 1.807) is 36.4 Å². The Balaban J connectivity index is 1.40. The number of halogens is 1. The fourth-order valence-corrected chi connectivity index (χ4v) is 4.05. The minimum absolute atomic E-state index is 0.0142. The SMILES string of the molecule is O=C(NCc1ccccc1)c1ccc(/C=C2\SC(=O)N(Cc3cccc(F)c3)C2=O)cc1. The number of nitrogens with one attached hydrogen (secondary N) is 1. The molecule has 3 aromatic carbocycles. The first-order valence-corrected chi connectivity index (χ1v) is 10.7. The van der Waals surface area contributed by atoms with Crippen molar-refractivity contribution in [1.29, 1.82) is 0 Å². The van der Waals surface area contributed by atoms with Gasteiger partial charge < -0.3 is 5.32 Å². The average Bonchev–Trinajstić information content (AvgIpc) is 3.06. The van der Waals surface area contributed by atoms with E-state index >= 15 is 0 Å². The monoisotopic (exact) mass is 446 g/mol. The molecule has 1 aliphatic heterocycles. The van der Waals surface area contributed by atoms with Crippen molar-refractivity contribution in [2.45, 2.75) is 13.1 Å². The molecule has 0 atom stereocenters. The summed E-state index contributed by atoms with van der Waals surface area (Å²) in [6, 6.07) is 22.2. The van der Waals surface area contributed by atoms with Gasteiger partial charge in [0.25, 0.3) is 17.1 Å². The van der Waals surface area contributed by atoms with Gasteiger partial charge in [0.1, 0.15) is 5.82 Å². The summed E-state index contributed by atoms with van der Waals surface area (Å²) in [4.78, 5) is 38.7.